The molecule has 0 heterocycles. The zero-order chi connectivity index (χ0) is 14.5. The zero-order valence-electron chi connectivity index (χ0n) is 11.5. The fourth-order valence-corrected chi connectivity index (χ4v) is 1.84. The number of benzene rings is 2. The minimum absolute atomic E-state index is 0.0452. The maximum atomic E-state index is 13.5. The molecule has 0 amide bonds. The van der Waals surface area contributed by atoms with Gasteiger partial charge in [0.15, 0.2) is 0 Å². The molecule has 0 aromatic heterocycles. The fraction of sp³-hybridized carbons (Fsp3) is 0.250. The molecule has 20 heavy (non-hydrogen) atoms. The van der Waals surface area contributed by atoms with Gasteiger partial charge >= 0.3 is 0 Å². The molecule has 0 atom stereocenters. The van der Waals surface area contributed by atoms with Crippen molar-refractivity contribution in [3.05, 3.63) is 59.7 Å². The topological polar surface area (TPSA) is 21.3 Å². The van der Waals surface area contributed by atoms with E-state index in [4.69, 9.17) is 4.74 Å². The molecule has 1 N–H and O–H groups in total. The van der Waals surface area contributed by atoms with E-state index in [1.54, 1.807) is 0 Å². The van der Waals surface area contributed by atoms with Crippen LogP contribution in [0.2, 0.25) is 0 Å². The van der Waals surface area contributed by atoms with E-state index in [0.717, 1.165) is 17.8 Å². The van der Waals surface area contributed by atoms with Crippen LogP contribution in [0.25, 0.3) is 0 Å². The summed E-state index contributed by atoms with van der Waals surface area (Å²) in [5, 5.41) is 3.07. The first-order valence-electron chi connectivity index (χ1n) is 6.49. The zero-order valence-corrected chi connectivity index (χ0v) is 11.5. The number of hydrogen-bond acceptors (Lipinski definition) is 2. The van der Waals surface area contributed by atoms with Gasteiger partial charge in [0.25, 0.3) is 0 Å². The van der Waals surface area contributed by atoms with Gasteiger partial charge in [-0.25, -0.2) is 8.78 Å². The Balaban J connectivity index is 2.12. The van der Waals surface area contributed by atoms with Crippen LogP contribution in [0.3, 0.4) is 0 Å². The van der Waals surface area contributed by atoms with Crippen molar-refractivity contribution in [3.63, 3.8) is 0 Å². The van der Waals surface area contributed by atoms with Crippen LogP contribution < -0.4 is 10.1 Å². The molecule has 0 saturated heterocycles. The van der Waals surface area contributed by atoms with E-state index in [1.807, 2.05) is 38.1 Å². The highest BCUT2D eigenvalue weighted by molar-refractivity contribution is 5.56. The Kier molecular flexibility index (Phi) is 4.56. The molecule has 0 fully saturated rings. The molecule has 2 rings (SSSR count). The molecule has 2 aromatic carbocycles. The number of nitrogens with one attached hydrogen (secondary N) is 1. The Labute approximate surface area is 117 Å². The number of anilines is 1. The van der Waals surface area contributed by atoms with E-state index in [1.165, 1.54) is 6.07 Å². The SMILES string of the molecule is CC(C)Oc1ccccc1NCc1cc(F)ccc1F. The number of para-hydroxylation sites is 2. The van der Waals surface area contributed by atoms with E-state index in [0.29, 0.717) is 5.75 Å². The third-order valence-electron chi connectivity index (χ3n) is 2.73. The van der Waals surface area contributed by atoms with E-state index in [9.17, 15) is 8.78 Å². The van der Waals surface area contributed by atoms with Crippen molar-refractivity contribution in [3.8, 4) is 5.75 Å². The van der Waals surface area contributed by atoms with Crippen molar-refractivity contribution in [2.75, 3.05) is 5.32 Å². The van der Waals surface area contributed by atoms with Crippen molar-refractivity contribution in [2.45, 2.75) is 26.5 Å². The van der Waals surface area contributed by atoms with E-state index in [2.05, 4.69) is 5.32 Å². The minimum atomic E-state index is -0.449. The predicted molar refractivity (Wildman–Crippen MR) is 75.9 cm³/mol. The molecule has 4 heteroatoms. The van der Waals surface area contributed by atoms with E-state index in [-0.39, 0.29) is 18.2 Å². The lowest BCUT2D eigenvalue weighted by Gasteiger charge is -2.15. The monoisotopic (exact) mass is 277 g/mol. The number of hydrogen-bond donors (Lipinski definition) is 1. The normalized spacial score (nSPS) is 10.7. The largest absolute Gasteiger partial charge is 0.489 e. The molecular weight excluding hydrogens is 260 g/mol. The van der Waals surface area contributed by atoms with Gasteiger partial charge in [0.05, 0.1) is 11.8 Å². The summed E-state index contributed by atoms with van der Waals surface area (Å²) in [5.41, 5.74) is 1.04. The van der Waals surface area contributed by atoms with Crippen LogP contribution in [-0.4, -0.2) is 6.10 Å². The molecule has 106 valence electrons. The van der Waals surface area contributed by atoms with Gasteiger partial charge < -0.3 is 10.1 Å². The Morgan fingerprint density at radius 3 is 2.60 bits per heavy atom. The average molecular weight is 277 g/mol. The Morgan fingerprint density at radius 1 is 1.10 bits per heavy atom. The molecular formula is C16H17F2NO. The molecule has 0 aliphatic heterocycles. The maximum absolute atomic E-state index is 13.5. The van der Waals surface area contributed by atoms with Gasteiger partial charge in [0.1, 0.15) is 17.4 Å². The van der Waals surface area contributed by atoms with Gasteiger partial charge in [-0.1, -0.05) is 12.1 Å². The third-order valence-corrected chi connectivity index (χ3v) is 2.73. The van der Waals surface area contributed by atoms with Crippen molar-refractivity contribution >= 4 is 5.69 Å². The Hall–Kier alpha value is -2.10. The quantitative estimate of drug-likeness (QED) is 0.876. The second-order valence-corrected chi connectivity index (χ2v) is 4.75. The lowest BCUT2D eigenvalue weighted by molar-refractivity contribution is 0.243. The lowest BCUT2D eigenvalue weighted by Crippen LogP contribution is -2.09. The summed E-state index contributed by atoms with van der Waals surface area (Å²) < 4.78 is 32.3. The second-order valence-electron chi connectivity index (χ2n) is 4.75. The minimum Gasteiger partial charge on any atom is -0.489 e. The van der Waals surface area contributed by atoms with Gasteiger partial charge in [-0.05, 0) is 44.2 Å². The van der Waals surface area contributed by atoms with Crippen LogP contribution in [0.4, 0.5) is 14.5 Å². The predicted octanol–water partition coefficient (Wildman–Crippen LogP) is 4.36. The summed E-state index contributed by atoms with van der Waals surface area (Å²) in [6.45, 7) is 4.06. The van der Waals surface area contributed by atoms with Crippen LogP contribution >= 0.6 is 0 Å². The second kappa shape index (κ2) is 6.37. The van der Waals surface area contributed by atoms with Gasteiger partial charge in [0, 0.05) is 12.1 Å². The van der Waals surface area contributed by atoms with Crippen LogP contribution in [0.15, 0.2) is 42.5 Å². The molecule has 0 unspecified atom stereocenters. The van der Waals surface area contributed by atoms with Crippen LogP contribution in [-0.2, 0) is 6.54 Å². The van der Waals surface area contributed by atoms with Crippen LogP contribution in [0.1, 0.15) is 19.4 Å². The number of rotatable bonds is 5. The first-order chi connectivity index (χ1) is 9.56. The molecule has 0 aliphatic rings. The highest BCUT2D eigenvalue weighted by Gasteiger charge is 2.07. The highest BCUT2D eigenvalue weighted by atomic mass is 19.1. The first-order valence-corrected chi connectivity index (χ1v) is 6.49. The van der Waals surface area contributed by atoms with Crippen LogP contribution in [0.5, 0.6) is 5.75 Å². The van der Waals surface area contributed by atoms with Crippen molar-refractivity contribution < 1.29 is 13.5 Å². The van der Waals surface area contributed by atoms with E-state index < -0.39 is 11.6 Å². The van der Waals surface area contributed by atoms with Crippen molar-refractivity contribution in [1.82, 2.24) is 0 Å². The lowest BCUT2D eigenvalue weighted by atomic mass is 10.2. The molecule has 2 aromatic rings. The summed E-state index contributed by atoms with van der Waals surface area (Å²) in [6.07, 6.45) is 0.0452. The molecule has 0 radical (unpaired) electrons. The van der Waals surface area contributed by atoms with Crippen molar-refractivity contribution in [2.24, 2.45) is 0 Å². The van der Waals surface area contributed by atoms with Gasteiger partial charge in [-0.15, -0.1) is 0 Å². The van der Waals surface area contributed by atoms with Crippen LogP contribution in [0, 0.1) is 11.6 Å². The Morgan fingerprint density at radius 2 is 1.85 bits per heavy atom. The maximum Gasteiger partial charge on any atom is 0.142 e. The average Bonchev–Trinajstić information content (AvgIpc) is 2.41. The first kappa shape index (κ1) is 14.3. The standard InChI is InChI=1S/C16H17F2NO/c1-11(2)20-16-6-4-3-5-15(16)19-10-12-9-13(17)7-8-14(12)18/h3-9,11,19H,10H2,1-2H3. The molecule has 2 nitrogen and oxygen atoms in total. The fourth-order valence-electron chi connectivity index (χ4n) is 1.84. The molecule has 0 bridgehead atoms. The summed E-state index contributed by atoms with van der Waals surface area (Å²) in [7, 11) is 0. The smallest absolute Gasteiger partial charge is 0.142 e. The molecule has 0 saturated carbocycles. The third kappa shape index (κ3) is 3.70. The molecule has 0 spiro atoms. The number of ether oxygens (including phenoxy) is 1. The van der Waals surface area contributed by atoms with Gasteiger partial charge in [-0.3, -0.25) is 0 Å². The highest BCUT2D eigenvalue weighted by Crippen LogP contribution is 2.25. The van der Waals surface area contributed by atoms with Gasteiger partial charge in [-0.2, -0.15) is 0 Å². The Bertz CT molecular complexity index is 584. The number of halogens is 2. The summed E-state index contributed by atoms with van der Waals surface area (Å²) >= 11 is 0. The summed E-state index contributed by atoms with van der Waals surface area (Å²) in [4.78, 5) is 0. The van der Waals surface area contributed by atoms with Gasteiger partial charge in [0.2, 0.25) is 0 Å². The summed E-state index contributed by atoms with van der Waals surface area (Å²) in [6, 6.07) is 10.8. The summed E-state index contributed by atoms with van der Waals surface area (Å²) in [5.74, 6) is -0.185. The molecule has 0 aliphatic carbocycles. The van der Waals surface area contributed by atoms with Crippen molar-refractivity contribution in [1.29, 1.82) is 0 Å². The van der Waals surface area contributed by atoms with E-state index >= 15 is 0 Å².